The molecule has 0 atom stereocenters. The Bertz CT molecular complexity index is 462. The van der Waals surface area contributed by atoms with E-state index in [1.165, 1.54) is 0 Å². The Morgan fingerprint density at radius 1 is 1.50 bits per heavy atom. The second kappa shape index (κ2) is 7.04. The van der Waals surface area contributed by atoms with Gasteiger partial charge in [-0.25, -0.2) is 0 Å². The Morgan fingerprint density at radius 2 is 2.17 bits per heavy atom. The SMILES string of the molecule is CCCN(CC(N)=S)C(=O)c1cccc(C)c1I. The summed E-state index contributed by atoms with van der Waals surface area (Å²) in [5.74, 6) is -0.00208. The summed E-state index contributed by atoms with van der Waals surface area (Å²) in [6.07, 6.45) is 0.886. The molecule has 0 aliphatic heterocycles. The molecule has 0 fully saturated rings. The van der Waals surface area contributed by atoms with Crippen LogP contribution in [-0.2, 0) is 0 Å². The van der Waals surface area contributed by atoms with E-state index in [2.05, 4.69) is 22.6 Å². The number of carbonyl (C=O) groups excluding carboxylic acids is 1. The summed E-state index contributed by atoms with van der Waals surface area (Å²) in [5, 5.41) is 0. The normalized spacial score (nSPS) is 10.2. The van der Waals surface area contributed by atoms with Crippen molar-refractivity contribution in [3.05, 3.63) is 32.9 Å². The minimum atomic E-state index is -0.00208. The summed E-state index contributed by atoms with van der Waals surface area (Å²) in [4.78, 5) is 14.5. The summed E-state index contributed by atoms with van der Waals surface area (Å²) in [5.41, 5.74) is 7.37. The molecule has 1 aromatic rings. The standard InChI is InChI=1S/C13H17IN2OS/c1-3-7-16(8-11(15)18)13(17)10-6-4-5-9(2)12(10)14/h4-6H,3,7-8H2,1-2H3,(H2,15,18). The molecule has 2 N–H and O–H groups in total. The second-order valence-corrected chi connectivity index (χ2v) is 5.73. The van der Waals surface area contributed by atoms with Crippen LogP contribution >= 0.6 is 34.8 Å². The maximum atomic E-state index is 12.4. The molecule has 0 aromatic heterocycles. The molecule has 0 radical (unpaired) electrons. The number of nitrogens with zero attached hydrogens (tertiary/aromatic N) is 1. The topological polar surface area (TPSA) is 46.3 Å². The highest BCUT2D eigenvalue weighted by Gasteiger charge is 2.18. The molecule has 0 aliphatic rings. The van der Waals surface area contributed by atoms with Gasteiger partial charge in [-0.15, -0.1) is 0 Å². The molecule has 0 bridgehead atoms. The van der Waals surface area contributed by atoms with Crippen LogP contribution in [0.4, 0.5) is 0 Å². The van der Waals surface area contributed by atoms with E-state index in [9.17, 15) is 4.79 Å². The van der Waals surface area contributed by atoms with Crippen molar-refractivity contribution < 1.29 is 4.79 Å². The van der Waals surface area contributed by atoms with Gasteiger partial charge in [0.05, 0.1) is 17.1 Å². The van der Waals surface area contributed by atoms with Crippen molar-refractivity contribution in [3.63, 3.8) is 0 Å². The molecule has 1 amide bonds. The minimum Gasteiger partial charge on any atom is -0.392 e. The van der Waals surface area contributed by atoms with Crippen molar-refractivity contribution in [1.29, 1.82) is 0 Å². The fourth-order valence-corrected chi connectivity index (χ4v) is 2.44. The Hall–Kier alpha value is -0.690. The van der Waals surface area contributed by atoms with Crippen LogP contribution in [0.3, 0.4) is 0 Å². The molecule has 0 saturated carbocycles. The smallest absolute Gasteiger partial charge is 0.255 e. The fraction of sp³-hybridized carbons (Fsp3) is 0.385. The van der Waals surface area contributed by atoms with Crippen molar-refractivity contribution in [1.82, 2.24) is 4.90 Å². The van der Waals surface area contributed by atoms with Gasteiger partial charge in [0.2, 0.25) is 0 Å². The van der Waals surface area contributed by atoms with E-state index >= 15 is 0 Å². The lowest BCUT2D eigenvalue weighted by Crippen LogP contribution is -2.38. The van der Waals surface area contributed by atoms with E-state index in [0.29, 0.717) is 18.1 Å². The second-order valence-electron chi connectivity index (χ2n) is 4.13. The summed E-state index contributed by atoms with van der Waals surface area (Å²) < 4.78 is 0.990. The van der Waals surface area contributed by atoms with Gasteiger partial charge in [0.25, 0.3) is 5.91 Å². The Balaban J connectivity index is 3.01. The third kappa shape index (κ3) is 3.91. The van der Waals surface area contributed by atoms with E-state index in [0.717, 1.165) is 21.1 Å². The lowest BCUT2D eigenvalue weighted by molar-refractivity contribution is 0.0779. The molecule has 1 aromatic carbocycles. The van der Waals surface area contributed by atoms with Gasteiger partial charge in [0, 0.05) is 10.1 Å². The number of nitrogens with two attached hydrogens (primary N) is 1. The number of hydrogen-bond donors (Lipinski definition) is 1. The first-order chi connectivity index (χ1) is 8.47. The van der Waals surface area contributed by atoms with Crippen LogP contribution < -0.4 is 5.73 Å². The molecule has 0 saturated heterocycles. The number of benzene rings is 1. The molecular weight excluding hydrogens is 359 g/mol. The third-order valence-corrected chi connectivity index (χ3v) is 4.11. The van der Waals surface area contributed by atoms with Crippen LogP contribution in [0.1, 0.15) is 29.3 Å². The van der Waals surface area contributed by atoms with E-state index < -0.39 is 0 Å². The van der Waals surface area contributed by atoms with E-state index in [-0.39, 0.29) is 5.91 Å². The maximum Gasteiger partial charge on any atom is 0.255 e. The highest BCUT2D eigenvalue weighted by Crippen LogP contribution is 2.18. The van der Waals surface area contributed by atoms with Gasteiger partial charge < -0.3 is 10.6 Å². The number of rotatable bonds is 5. The van der Waals surface area contributed by atoms with Crippen LogP contribution in [0.5, 0.6) is 0 Å². The summed E-state index contributed by atoms with van der Waals surface area (Å²) in [6.45, 7) is 5.03. The number of amides is 1. The molecule has 98 valence electrons. The minimum absolute atomic E-state index is 0.00208. The van der Waals surface area contributed by atoms with Crippen LogP contribution in [0.25, 0.3) is 0 Å². The molecule has 0 unspecified atom stereocenters. The Morgan fingerprint density at radius 3 is 2.72 bits per heavy atom. The molecular formula is C13H17IN2OS. The number of carbonyl (C=O) groups is 1. The van der Waals surface area contributed by atoms with Gasteiger partial charge in [-0.1, -0.05) is 31.3 Å². The number of halogens is 1. The first kappa shape index (κ1) is 15.4. The predicted molar refractivity (Wildman–Crippen MR) is 86.9 cm³/mol. The molecule has 0 heterocycles. The zero-order valence-electron chi connectivity index (χ0n) is 10.6. The number of hydrogen-bond acceptors (Lipinski definition) is 2. The summed E-state index contributed by atoms with van der Waals surface area (Å²) >= 11 is 7.10. The number of thiocarbonyl (C=S) groups is 1. The summed E-state index contributed by atoms with van der Waals surface area (Å²) in [6, 6.07) is 5.74. The lowest BCUT2D eigenvalue weighted by Gasteiger charge is -2.22. The van der Waals surface area contributed by atoms with Gasteiger partial charge in [-0.2, -0.15) is 0 Å². The zero-order chi connectivity index (χ0) is 13.7. The summed E-state index contributed by atoms with van der Waals surface area (Å²) in [7, 11) is 0. The first-order valence-electron chi connectivity index (χ1n) is 5.80. The predicted octanol–water partition coefficient (Wildman–Crippen LogP) is 2.74. The molecule has 18 heavy (non-hydrogen) atoms. The van der Waals surface area contributed by atoms with Crippen molar-refractivity contribution >= 4 is 45.7 Å². The van der Waals surface area contributed by atoms with Gasteiger partial charge in [-0.3, -0.25) is 4.79 Å². The van der Waals surface area contributed by atoms with Crippen molar-refractivity contribution in [2.75, 3.05) is 13.1 Å². The van der Waals surface area contributed by atoms with E-state index in [4.69, 9.17) is 18.0 Å². The van der Waals surface area contributed by atoms with Gasteiger partial charge >= 0.3 is 0 Å². The Kier molecular flexibility index (Phi) is 6.01. The van der Waals surface area contributed by atoms with Crippen molar-refractivity contribution in [2.45, 2.75) is 20.3 Å². The maximum absolute atomic E-state index is 12.4. The molecule has 3 nitrogen and oxygen atoms in total. The third-order valence-electron chi connectivity index (χ3n) is 2.55. The number of aryl methyl sites for hydroxylation is 1. The average molecular weight is 376 g/mol. The van der Waals surface area contributed by atoms with Crippen LogP contribution in [0, 0.1) is 10.5 Å². The van der Waals surface area contributed by atoms with Crippen LogP contribution in [-0.4, -0.2) is 28.9 Å². The fourth-order valence-electron chi connectivity index (χ4n) is 1.69. The molecule has 1 rings (SSSR count). The zero-order valence-corrected chi connectivity index (χ0v) is 13.5. The first-order valence-corrected chi connectivity index (χ1v) is 7.28. The molecule has 0 spiro atoms. The largest absolute Gasteiger partial charge is 0.392 e. The quantitative estimate of drug-likeness (QED) is 0.635. The van der Waals surface area contributed by atoms with Crippen molar-refractivity contribution in [3.8, 4) is 0 Å². The van der Waals surface area contributed by atoms with Crippen molar-refractivity contribution in [2.24, 2.45) is 5.73 Å². The van der Waals surface area contributed by atoms with Gasteiger partial charge in [0.15, 0.2) is 0 Å². The van der Waals surface area contributed by atoms with E-state index in [1.54, 1.807) is 4.90 Å². The lowest BCUT2D eigenvalue weighted by atomic mass is 10.1. The van der Waals surface area contributed by atoms with Gasteiger partial charge in [-0.05, 0) is 47.6 Å². The van der Waals surface area contributed by atoms with Crippen LogP contribution in [0.15, 0.2) is 18.2 Å². The molecule has 5 heteroatoms. The highest BCUT2D eigenvalue weighted by atomic mass is 127. The monoisotopic (exact) mass is 376 g/mol. The average Bonchev–Trinajstić information content (AvgIpc) is 2.31. The molecule has 0 aliphatic carbocycles. The highest BCUT2D eigenvalue weighted by molar-refractivity contribution is 14.1. The Labute approximate surface area is 127 Å². The van der Waals surface area contributed by atoms with E-state index in [1.807, 2.05) is 32.0 Å². The van der Waals surface area contributed by atoms with Gasteiger partial charge in [0.1, 0.15) is 0 Å². The van der Waals surface area contributed by atoms with Crippen LogP contribution in [0.2, 0.25) is 0 Å².